The quantitative estimate of drug-likeness (QED) is 0.229. The van der Waals surface area contributed by atoms with E-state index in [-0.39, 0.29) is 35.4 Å². The van der Waals surface area contributed by atoms with Crippen LogP contribution in [0.2, 0.25) is 0 Å². The van der Waals surface area contributed by atoms with Crippen molar-refractivity contribution in [3.8, 4) is 0 Å². The molecule has 0 spiro atoms. The fourth-order valence-corrected chi connectivity index (χ4v) is 2.80. The molecule has 1 aliphatic heterocycles. The van der Waals surface area contributed by atoms with E-state index in [1.54, 1.807) is 0 Å². The number of nitrogens with one attached hydrogen (secondary N) is 2. The number of amides is 1. The normalized spacial score (nSPS) is 15.6. The molecular formula is C20H34IN5O2. The lowest BCUT2D eigenvalue weighted by Crippen LogP contribution is -2.40. The standard InChI is InChI=1S/C20H33N5O2.HI/c1-20(2,3)24-18(26)17-7-4-6-16(14-17)15-23-19(21)22-8-5-9-25-10-12-27-13-11-25;/h4,6-7,14H,5,8-13,15H2,1-3H3,(H,24,26)(H3,21,22,23);1H. The molecule has 0 bridgehead atoms. The van der Waals surface area contributed by atoms with Crippen LogP contribution in [-0.4, -0.2) is 61.7 Å². The fraction of sp³-hybridized carbons (Fsp3) is 0.600. The zero-order valence-electron chi connectivity index (χ0n) is 17.2. The first-order valence-corrected chi connectivity index (χ1v) is 9.59. The maximum Gasteiger partial charge on any atom is 0.251 e. The van der Waals surface area contributed by atoms with Crippen LogP contribution >= 0.6 is 24.0 Å². The number of morpholine rings is 1. The van der Waals surface area contributed by atoms with Crippen LogP contribution in [0.3, 0.4) is 0 Å². The third kappa shape index (κ3) is 9.70. The zero-order valence-corrected chi connectivity index (χ0v) is 19.5. The van der Waals surface area contributed by atoms with Gasteiger partial charge in [0.2, 0.25) is 0 Å². The Bertz CT molecular complexity index is 640. The van der Waals surface area contributed by atoms with Gasteiger partial charge in [-0.25, -0.2) is 4.99 Å². The summed E-state index contributed by atoms with van der Waals surface area (Å²) in [6, 6.07) is 7.48. The molecule has 1 aliphatic rings. The molecule has 1 aromatic rings. The van der Waals surface area contributed by atoms with Gasteiger partial charge in [0.05, 0.1) is 19.8 Å². The van der Waals surface area contributed by atoms with Crippen LogP contribution < -0.4 is 16.4 Å². The van der Waals surface area contributed by atoms with E-state index in [0.717, 1.165) is 51.4 Å². The van der Waals surface area contributed by atoms with Crippen molar-refractivity contribution in [1.29, 1.82) is 0 Å². The highest BCUT2D eigenvalue weighted by atomic mass is 127. The second-order valence-electron chi connectivity index (χ2n) is 7.84. The number of hydrogen-bond acceptors (Lipinski definition) is 4. The summed E-state index contributed by atoms with van der Waals surface area (Å²) >= 11 is 0. The second kappa shape index (κ2) is 12.2. The molecule has 1 saturated heterocycles. The van der Waals surface area contributed by atoms with Crippen LogP contribution in [0.4, 0.5) is 0 Å². The molecule has 7 nitrogen and oxygen atoms in total. The Morgan fingerprint density at radius 3 is 2.68 bits per heavy atom. The topological polar surface area (TPSA) is 92.0 Å². The Labute approximate surface area is 185 Å². The minimum atomic E-state index is -0.263. The van der Waals surface area contributed by atoms with E-state index in [9.17, 15) is 4.79 Å². The number of hydrogen-bond donors (Lipinski definition) is 3. The summed E-state index contributed by atoms with van der Waals surface area (Å²) in [5, 5.41) is 6.12. The highest BCUT2D eigenvalue weighted by Gasteiger charge is 2.15. The molecule has 1 amide bonds. The SMILES string of the molecule is CC(C)(C)NC(=O)c1cccc(CN=C(N)NCCCN2CCOCC2)c1.I. The number of guanidine groups is 1. The van der Waals surface area contributed by atoms with Crippen molar-refractivity contribution in [2.75, 3.05) is 39.4 Å². The summed E-state index contributed by atoms with van der Waals surface area (Å²) < 4.78 is 5.34. The predicted molar refractivity (Wildman–Crippen MR) is 124 cm³/mol. The number of rotatable bonds is 7. The van der Waals surface area contributed by atoms with Gasteiger partial charge in [-0.05, 0) is 51.4 Å². The third-order valence-electron chi connectivity index (χ3n) is 4.17. The molecule has 0 radical (unpaired) electrons. The Hall–Kier alpha value is -1.39. The minimum absolute atomic E-state index is 0. The molecule has 8 heteroatoms. The molecule has 0 saturated carbocycles. The van der Waals surface area contributed by atoms with Crippen molar-refractivity contribution in [3.63, 3.8) is 0 Å². The predicted octanol–water partition coefficient (Wildman–Crippen LogP) is 1.96. The summed E-state index contributed by atoms with van der Waals surface area (Å²) in [5.74, 6) is 0.351. The first-order valence-electron chi connectivity index (χ1n) is 9.59. The average Bonchev–Trinajstić information content (AvgIpc) is 2.63. The van der Waals surface area contributed by atoms with Crippen molar-refractivity contribution in [2.24, 2.45) is 10.7 Å². The molecule has 0 unspecified atom stereocenters. The lowest BCUT2D eigenvalue weighted by atomic mass is 10.1. The molecule has 2 rings (SSSR count). The highest BCUT2D eigenvalue weighted by molar-refractivity contribution is 14.0. The van der Waals surface area contributed by atoms with Crippen molar-refractivity contribution >= 4 is 35.8 Å². The van der Waals surface area contributed by atoms with Crippen LogP contribution in [0.25, 0.3) is 0 Å². The van der Waals surface area contributed by atoms with Crippen LogP contribution in [-0.2, 0) is 11.3 Å². The van der Waals surface area contributed by atoms with Gasteiger partial charge in [-0.15, -0.1) is 24.0 Å². The largest absolute Gasteiger partial charge is 0.379 e. The molecule has 0 aliphatic carbocycles. The summed E-state index contributed by atoms with van der Waals surface area (Å²) in [4.78, 5) is 19.0. The van der Waals surface area contributed by atoms with E-state index in [1.807, 2.05) is 45.0 Å². The summed E-state index contributed by atoms with van der Waals surface area (Å²) in [6.07, 6.45) is 1.01. The first kappa shape index (κ1) is 24.6. The molecule has 0 atom stereocenters. The van der Waals surface area contributed by atoms with Crippen molar-refractivity contribution < 1.29 is 9.53 Å². The third-order valence-corrected chi connectivity index (χ3v) is 4.17. The molecular weight excluding hydrogens is 469 g/mol. The van der Waals surface area contributed by atoms with Crippen molar-refractivity contribution in [2.45, 2.75) is 39.3 Å². The Balaban J connectivity index is 0.00000392. The van der Waals surface area contributed by atoms with Crippen molar-refractivity contribution in [1.82, 2.24) is 15.5 Å². The number of aliphatic imine (C=N–C) groups is 1. The molecule has 1 heterocycles. The van der Waals surface area contributed by atoms with Gasteiger partial charge in [-0.2, -0.15) is 0 Å². The summed E-state index contributed by atoms with van der Waals surface area (Å²) in [5.41, 5.74) is 7.27. The van der Waals surface area contributed by atoms with Crippen LogP contribution in [0, 0.1) is 0 Å². The number of carbonyl (C=O) groups is 1. The number of carbonyl (C=O) groups excluding carboxylic acids is 1. The maximum absolute atomic E-state index is 12.3. The van der Waals surface area contributed by atoms with Gasteiger partial charge in [0, 0.05) is 30.7 Å². The molecule has 28 heavy (non-hydrogen) atoms. The van der Waals surface area contributed by atoms with Gasteiger partial charge in [0.15, 0.2) is 5.96 Å². The van der Waals surface area contributed by atoms with E-state index >= 15 is 0 Å². The number of benzene rings is 1. The van der Waals surface area contributed by atoms with Gasteiger partial charge in [0.25, 0.3) is 5.91 Å². The Morgan fingerprint density at radius 2 is 2.00 bits per heavy atom. The van der Waals surface area contributed by atoms with Gasteiger partial charge >= 0.3 is 0 Å². The monoisotopic (exact) mass is 503 g/mol. The highest BCUT2D eigenvalue weighted by Crippen LogP contribution is 2.09. The van der Waals surface area contributed by atoms with E-state index < -0.39 is 0 Å². The van der Waals surface area contributed by atoms with Crippen LogP contribution in [0.15, 0.2) is 29.3 Å². The van der Waals surface area contributed by atoms with E-state index in [0.29, 0.717) is 18.1 Å². The Morgan fingerprint density at radius 1 is 1.29 bits per heavy atom. The summed E-state index contributed by atoms with van der Waals surface area (Å²) in [6.45, 7) is 11.8. The maximum atomic E-state index is 12.3. The molecule has 0 aromatic heterocycles. The molecule has 1 aromatic carbocycles. The van der Waals surface area contributed by atoms with E-state index in [2.05, 4.69) is 20.5 Å². The van der Waals surface area contributed by atoms with Crippen LogP contribution in [0.5, 0.6) is 0 Å². The Kier molecular flexibility index (Phi) is 10.8. The van der Waals surface area contributed by atoms with E-state index in [4.69, 9.17) is 10.5 Å². The fourth-order valence-electron chi connectivity index (χ4n) is 2.80. The van der Waals surface area contributed by atoms with Crippen LogP contribution in [0.1, 0.15) is 43.1 Å². The molecule has 4 N–H and O–H groups in total. The molecule has 1 fully saturated rings. The number of halogens is 1. The lowest BCUT2D eigenvalue weighted by Gasteiger charge is -2.26. The minimum Gasteiger partial charge on any atom is -0.379 e. The van der Waals surface area contributed by atoms with Gasteiger partial charge < -0.3 is 21.1 Å². The molecule has 158 valence electrons. The van der Waals surface area contributed by atoms with Gasteiger partial charge in [0.1, 0.15) is 0 Å². The van der Waals surface area contributed by atoms with Crippen molar-refractivity contribution in [3.05, 3.63) is 35.4 Å². The smallest absolute Gasteiger partial charge is 0.251 e. The first-order chi connectivity index (χ1) is 12.8. The summed E-state index contributed by atoms with van der Waals surface area (Å²) in [7, 11) is 0. The average molecular weight is 503 g/mol. The lowest BCUT2D eigenvalue weighted by molar-refractivity contribution is 0.0376. The van der Waals surface area contributed by atoms with Gasteiger partial charge in [-0.3, -0.25) is 9.69 Å². The second-order valence-corrected chi connectivity index (χ2v) is 7.84. The number of nitrogens with zero attached hydrogens (tertiary/aromatic N) is 2. The number of ether oxygens (including phenoxy) is 1. The number of nitrogens with two attached hydrogens (primary N) is 1. The zero-order chi connectivity index (χ0) is 19.7. The van der Waals surface area contributed by atoms with E-state index in [1.165, 1.54) is 0 Å². The van der Waals surface area contributed by atoms with Gasteiger partial charge in [-0.1, -0.05) is 12.1 Å².